The molecule has 0 amide bonds. The topological polar surface area (TPSA) is 52.2 Å². The molecule has 0 unspecified atom stereocenters. The fraction of sp³-hybridized carbons (Fsp3) is 0. The van der Waals surface area contributed by atoms with E-state index in [0.717, 1.165) is 5.52 Å². The van der Waals surface area contributed by atoms with E-state index in [1.165, 1.54) is 28.9 Å². The summed E-state index contributed by atoms with van der Waals surface area (Å²) in [5.41, 5.74) is 1.33. The number of pyridine rings is 1. The molecule has 0 aliphatic rings. The first kappa shape index (κ1) is 11.8. The first-order chi connectivity index (χ1) is 10.2. The van der Waals surface area contributed by atoms with E-state index in [-0.39, 0.29) is 11.4 Å². The Kier molecular flexibility index (Phi) is 2.38. The summed E-state index contributed by atoms with van der Waals surface area (Å²) in [5, 5.41) is 9.14. The lowest BCUT2D eigenvalue weighted by Crippen LogP contribution is -2.21. The van der Waals surface area contributed by atoms with Crippen molar-refractivity contribution in [3.8, 4) is 5.69 Å². The molecular formula is C15H9FN4O. The molecule has 0 aliphatic heterocycles. The number of halogens is 1. The van der Waals surface area contributed by atoms with Crippen LogP contribution in [0.3, 0.4) is 0 Å². The lowest BCUT2D eigenvalue weighted by molar-refractivity contribution is 0.626. The van der Waals surface area contributed by atoms with Gasteiger partial charge in [-0.05, 0) is 36.4 Å². The second kappa shape index (κ2) is 4.24. The standard InChI is InChI=1S/C15H9FN4O/c16-10-4-6-11(7-5-10)20-15(21)14-12(9-17-20)13-3-1-2-8-19(13)18-14/h1-9H. The molecule has 3 heterocycles. The van der Waals surface area contributed by atoms with Crippen LogP contribution in [0.1, 0.15) is 0 Å². The van der Waals surface area contributed by atoms with E-state index in [1.807, 2.05) is 18.2 Å². The van der Waals surface area contributed by atoms with Gasteiger partial charge in [0.15, 0.2) is 5.52 Å². The molecule has 3 aromatic heterocycles. The Morgan fingerprint density at radius 2 is 1.86 bits per heavy atom. The third kappa shape index (κ3) is 1.73. The van der Waals surface area contributed by atoms with Gasteiger partial charge in [-0.1, -0.05) is 6.07 Å². The van der Waals surface area contributed by atoms with Crippen molar-refractivity contribution in [3.05, 3.63) is 71.0 Å². The number of nitrogens with zero attached hydrogens (tertiary/aromatic N) is 4. The second-order valence-corrected chi connectivity index (χ2v) is 4.63. The largest absolute Gasteiger partial charge is 0.299 e. The van der Waals surface area contributed by atoms with Gasteiger partial charge in [0.1, 0.15) is 5.82 Å². The minimum atomic E-state index is -0.361. The number of fused-ring (bicyclic) bond motifs is 3. The zero-order valence-corrected chi connectivity index (χ0v) is 10.8. The molecule has 0 saturated heterocycles. The molecule has 21 heavy (non-hydrogen) atoms. The Morgan fingerprint density at radius 3 is 2.67 bits per heavy atom. The zero-order valence-electron chi connectivity index (χ0n) is 10.8. The highest BCUT2D eigenvalue weighted by atomic mass is 19.1. The lowest BCUT2D eigenvalue weighted by atomic mass is 10.3. The van der Waals surface area contributed by atoms with Crippen LogP contribution in [-0.2, 0) is 0 Å². The van der Waals surface area contributed by atoms with Crippen molar-refractivity contribution in [2.75, 3.05) is 0 Å². The molecule has 0 spiro atoms. The first-order valence-electron chi connectivity index (χ1n) is 6.35. The van der Waals surface area contributed by atoms with Crippen molar-refractivity contribution in [2.24, 2.45) is 0 Å². The number of rotatable bonds is 1. The average Bonchev–Trinajstić information content (AvgIpc) is 2.89. The van der Waals surface area contributed by atoms with Gasteiger partial charge in [0, 0.05) is 6.20 Å². The molecular weight excluding hydrogens is 271 g/mol. The summed E-state index contributed by atoms with van der Waals surface area (Å²) in [6, 6.07) is 11.2. The summed E-state index contributed by atoms with van der Waals surface area (Å²) in [5.74, 6) is -0.361. The Balaban J connectivity index is 2.04. The minimum absolute atomic E-state index is 0.331. The third-order valence-corrected chi connectivity index (χ3v) is 3.35. The van der Waals surface area contributed by atoms with Crippen LogP contribution in [-0.4, -0.2) is 19.4 Å². The summed E-state index contributed by atoms with van der Waals surface area (Å²) in [6.07, 6.45) is 3.37. The van der Waals surface area contributed by atoms with Crippen LogP contribution in [0.25, 0.3) is 22.1 Å². The molecule has 0 N–H and O–H groups in total. The predicted octanol–water partition coefficient (Wildman–Crippen LogP) is 2.17. The molecule has 102 valence electrons. The molecule has 1 aromatic carbocycles. The van der Waals surface area contributed by atoms with Gasteiger partial charge in [-0.2, -0.15) is 14.9 Å². The van der Waals surface area contributed by atoms with Crippen LogP contribution in [0, 0.1) is 5.82 Å². The van der Waals surface area contributed by atoms with Gasteiger partial charge in [-0.3, -0.25) is 4.79 Å². The Labute approximate surface area is 117 Å². The van der Waals surface area contributed by atoms with E-state index >= 15 is 0 Å². The van der Waals surface area contributed by atoms with E-state index in [4.69, 9.17) is 0 Å². The molecule has 0 fully saturated rings. The first-order valence-corrected chi connectivity index (χ1v) is 6.35. The third-order valence-electron chi connectivity index (χ3n) is 3.35. The van der Waals surface area contributed by atoms with Crippen LogP contribution in [0.4, 0.5) is 4.39 Å². The zero-order chi connectivity index (χ0) is 14.4. The number of aromatic nitrogens is 4. The maximum absolute atomic E-state index is 13.0. The predicted molar refractivity (Wildman–Crippen MR) is 76.0 cm³/mol. The molecule has 5 nitrogen and oxygen atoms in total. The molecule has 0 radical (unpaired) electrons. The smallest absolute Gasteiger partial charge is 0.265 e. The van der Waals surface area contributed by atoms with E-state index in [1.54, 1.807) is 16.9 Å². The highest BCUT2D eigenvalue weighted by molar-refractivity contribution is 5.92. The van der Waals surface area contributed by atoms with Crippen LogP contribution in [0.2, 0.25) is 0 Å². The van der Waals surface area contributed by atoms with Crippen molar-refractivity contribution in [2.45, 2.75) is 0 Å². The van der Waals surface area contributed by atoms with Crippen LogP contribution < -0.4 is 5.56 Å². The summed E-state index contributed by atoms with van der Waals surface area (Å²) >= 11 is 0. The quantitative estimate of drug-likeness (QED) is 0.537. The van der Waals surface area contributed by atoms with Crippen LogP contribution in [0.15, 0.2) is 59.7 Å². The van der Waals surface area contributed by atoms with Gasteiger partial charge < -0.3 is 0 Å². The lowest BCUT2D eigenvalue weighted by Gasteiger charge is -2.03. The monoisotopic (exact) mass is 280 g/mol. The molecule has 0 atom stereocenters. The van der Waals surface area contributed by atoms with Crippen LogP contribution >= 0.6 is 0 Å². The van der Waals surface area contributed by atoms with Crippen molar-refractivity contribution in [3.63, 3.8) is 0 Å². The van der Waals surface area contributed by atoms with Crippen molar-refractivity contribution in [1.29, 1.82) is 0 Å². The maximum Gasteiger partial charge on any atom is 0.299 e. The molecule has 4 rings (SSSR count). The molecule has 0 aliphatic carbocycles. The minimum Gasteiger partial charge on any atom is -0.265 e. The normalized spacial score (nSPS) is 11.3. The van der Waals surface area contributed by atoms with Gasteiger partial charge in [0.05, 0.1) is 22.8 Å². The van der Waals surface area contributed by atoms with E-state index in [0.29, 0.717) is 16.6 Å². The van der Waals surface area contributed by atoms with Crippen molar-refractivity contribution < 1.29 is 4.39 Å². The molecule has 0 bridgehead atoms. The second-order valence-electron chi connectivity index (χ2n) is 4.63. The average molecular weight is 280 g/mol. The Morgan fingerprint density at radius 1 is 1.05 bits per heavy atom. The number of benzene rings is 1. The van der Waals surface area contributed by atoms with Gasteiger partial charge >= 0.3 is 0 Å². The Bertz CT molecular complexity index is 1020. The fourth-order valence-electron chi connectivity index (χ4n) is 2.34. The van der Waals surface area contributed by atoms with E-state index in [2.05, 4.69) is 10.2 Å². The molecule has 6 heteroatoms. The summed E-state index contributed by atoms with van der Waals surface area (Å²) < 4.78 is 15.8. The van der Waals surface area contributed by atoms with Gasteiger partial charge in [0.2, 0.25) is 0 Å². The molecule has 4 aromatic rings. The van der Waals surface area contributed by atoms with Gasteiger partial charge in [0.25, 0.3) is 5.56 Å². The van der Waals surface area contributed by atoms with Crippen molar-refractivity contribution in [1.82, 2.24) is 19.4 Å². The number of hydrogen-bond donors (Lipinski definition) is 0. The number of hydrogen-bond acceptors (Lipinski definition) is 3. The highest BCUT2D eigenvalue weighted by Crippen LogP contribution is 2.16. The van der Waals surface area contributed by atoms with E-state index in [9.17, 15) is 9.18 Å². The maximum atomic E-state index is 13.0. The molecule has 0 saturated carbocycles. The fourth-order valence-corrected chi connectivity index (χ4v) is 2.34. The Hall–Kier alpha value is -3.02. The van der Waals surface area contributed by atoms with Crippen LogP contribution in [0.5, 0.6) is 0 Å². The SMILES string of the molecule is O=c1c2nn3ccccc3c2cnn1-c1ccc(F)cc1. The summed E-state index contributed by atoms with van der Waals surface area (Å²) in [4.78, 5) is 12.5. The van der Waals surface area contributed by atoms with Gasteiger partial charge in [-0.25, -0.2) is 8.91 Å². The van der Waals surface area contributed by atoms with E-state index < -0.39 is 0 Å². The summed E-state index contributed by atoms with van der Waals surface area (Å²) in [6.45, 7) is 0. The van der Waals surface area contributed by atoms with Crippen molar-refractivity contribution >= 4 is 16.4 Å². The van der Waals surface area contributed by atoms with Gasteiger partial charge in [-0.15, -0.1) is 0 Å². The highest BCUT2D eigenvalue weighted by Gasteiger charge is 2.12. The summed E-state index contributed by atoms with van der Waals surface area (Å²) in [7, 11) is 0.